The molecule has 15 rings (SSSR count). The van der Waals surface area contributed by atoms with Crippen molar-refractivity contribution >= 4 is 47.8 Å². The zero-order valence-electron chi connectivity index (χ0n) is 63.5. The van der Waals surface area contributed by atoms with E-state index >= 15 is 0 Å². The predicted molar refractivity (Wildman–Crippen MR) is 366 cm³/mol. The summed E-state index contributed by atoms with van der Waals surface area (Å²) in [5.41, 5.74) is -5.43. The van der Waals surface area contributed by atoms with E-state index in [2.05, 4.69) is 39.8 Å². The van der Waals surface area contributed by atoms with Gasteiger partial charge in [-0.25, -0.2) is 4.79 Å². The first kappa shape index (κ1) is 77.8. The summed E-state index contributed by atoms with van der Waals surface area (Å²) in [6.45, 7) is 35.0. The second-order valence-corrected chi connectivity index (χ2v) is 37.1. The first-order valence-corrected chi connectivity index (χ1v) is 38.2. The summed E-state index contributed by atoms with van der Waals surface area (Å²) in [7, 11) is 0. The number of nitrogens with zero attached hydrogens (tertiary/aromatic N) is 2. The molecule has 2 saturated heterocycles. The maximum Gasteiger partial charge on any atom is 0.344 e. The maximum atomic E-state index is 12.6. The van der Waals surface area contributed by atoms with Gasteiger partial charge in [0.15, 0.2) is 17.4 Å². The van der Waals surface area contributed by atoms with Crippen molar-refractivity contribution in [1.82, 2.24) is 0 Å². The molecular weight excluding hydrogens is 1260 g/mol. The van der Waals surface area contributed by atoms with Crippen molar-refractivity contribution in [2.45, 2.75) is 338 Å². The molecule has 0 aromatic carbocycles. The highest BCUT2D eigenvalue weighted by Gasteiger charge is 2.74. The molecule has 1 N–H and O–H groups in total. The molecule has 2 aliphatic heterocycles. The Labute approximate surface area is 590 Å². The molecule has 15 aliphatic rings. The number of aliphatic hydroxyl groups is 1. The number of carbonyl (C=O) groups excluding carboxylic acids is 8. The van der Waals surface area contributed by atoms with Crippen molar-refractivity contribution in [3.63, 3.8) is 0 Å². The van der Waals surface area contributed by atoms with E-state index in [0.717, 1.165) is 88.4 Å². The molecule has 13 saturated carbocycles. The number of hydrogen-bond acceptors (Lipinski definition) is 19. The summed E-state index contributed by atoms with van der Waals surface area (Å²) in [4.78, 5) is 97.0. The van der Waals surface area contributed by atoms with Crippen LogP contribution in [0.25, 0.3) is 0 Å². The van der Waals surface area contributed by atoms with Gasteiger partial charge in [0.1, 0.15) is 41.2 Å². The first-order chi connectivity index (χ1) is 46.0. The third-order valence-electron chi connectivity index (χ3n) is 28.0. The quantitative estimate of drug-likeness (QED) is 0.0929. The van der Waals surface area contributed by atoms with Crippen LogP contribution in [0.1, 0.15) is 292 Å². The fourth-order valence-corrected chi connectivity index (χ4v) is 19.9. The SMILES string of the molecule is CCC(C)(C)C(=O)OC(C)(C)C12CC3CC(CC(C3)C1)C2.CCC(C)(C)C(=O)OC12CC3CC(CC(O)(C3)C1)C2.CCC(C)(C)C(=O)OC1C2CC3C1OC(=O)C3(C#N)C2.CCC(C)(C)C(=O)OCC(=O)OC1C2CC3C1OC(=O)C3(C#N)C2.CCC1(OC(=O)C(C)(C)CC)CCCC1. The molecule has 12 atom stereocenters. The van der Waals surface area contributed by atoms with Gasteiger partial charge in [-0.1, -0.05) is 41.5 Å². The lowest BCUT2D eigenvalue weighted by atomic mass is 9.46. The summed E-state index contributed by atoms with van der Waals surface area (Å²) < 4.78 is 44.6. The van der Waals surface area contributed by atoms with Gasteiger partial charge in [0.05, 0.1) is 44.8 Å². The van der Waals surface area contributed by atoms with Gasteiger partial charge in [0.25, 0.3) is 0 Å². The van der Waals surface area contributed by atoms with Gasteiger partial charge in [0, 0.05) is 35.5 Å². The van der Waals surface area contributed by atoms with Gasteiger partial charge in [-0.2, -0.15) is 10.5 Å². The Kier molecular flexibility index (Phi) is 22.1. The largest absolute Gasteiger partial charge is 0.459 e. The number of fused-ring (bicyclic) bond motifs is 2. The zero-order valence-corrected chi connectivity index (χ0v) is 63.5. The molecule has 12 bridgehead atoms. The highest BCUT2D eigenvalue weighted by molar-refractivity contribution is 5.86. The first-order valence-electron chi connectivity index (χ1n) is 38.2. The van der Waals surface area contributed by atoms with Crippen LogP contribution in [0.2, 0.25) is 0 Å². The monoisotopic (exact) mass is 1380 g/mol. The topological polar surface area (TPSA) is 278 Å². The number of ether oxygens (including phenoxy) is 8. The second-order valence-electron chi connectivity index (χ2n) is 37.1. The van der Waals surface area contributed by atoms with E-state index < -0.39 is 81.5 Å². The standard InChI is InChI=1S/C19H32O2.C17H21NO6.C16H26O3.C15H19NO4.C13H24O2/c1-6-17(2,3)16(20)21-18(4,5)19-10-13-7-14(11-19)9-15(8-13)12-19;1-4-16(2,3)14(20)22-7-11(19)23-12-9-5-10-13(12)24-15(21)17(10,6-9)8-18;1-4-14(2,3)13(17)19-16-8-11-5-12(9-16)7-15(18,6-11)10-16;1-4-14(2,3)12(17)19-10-8-5-9-11(10)20-13(18)15(9,6-8)7-16;1-5-12(3,4)11(14)15-13(6-2)9-7-8-10-13/h13-15H,6-12H2,1-5H3;9-10,12-13H,4-7H2,1-3H3;11-12,18H,4-10H2,1-3H3;8-11H,4-6H2,1-3H3;5-10H2,1-4H3. The highest BCUT2D eigenvalue weighted by atomic mass is 16.6. The van der Waals surface area contributed by atoms with Crippen molar-refractivity contribution in [2.24, 2.45) is 96.6 Å². The third-order valence-corrected chi connectivity index (χ3v) is 28.0. The van der Waals surface area contributed by atoms with Crippen molar-refractivity contribution in [3.8, 4) is 12.1 Å². The van der Waals surface area contributed by atoms with E-state index in [4.69, 9.17) is 37.9 Å². The number of esters is 8. The van der Waals surface area contributed by atoms with Gasteiger partial charge >= 0.3 is 47.8 Å². The van der Waals surface area contributed by atoms with Gasteiger partial charge < -0.3 is 43.0 Å². The molecule has 19 nitrogen and oxygen atoms in total. The van der Waals surface area contributed by atoms with Crippen LogP contribution in [0.5, 0.6) is 0 Å². The Morgan fingerprint density at radius 3 is 1.30 bits per heavy atom. The van der Waals surface area contributed by atoms with Crippen LogP contribution in [-0.4, -0.2) is 106 Å². The van der Waals surface area contributed by atoms with E-state index in [1.165, 1.54) is 57.8 Å². The number of carbonyl (C=O) groups is 8. The van der Waals surface area contributed by atoms with Crippen molar-refractivity contribution in [1.29, 1.82) is 10.5 Å². The average Bonchev–Trinajstić information content (AvgIpc) is 1.59. The van der Waals surface area contributed by atoms with Gasteiger partial charge in [-0.3, -0.25) is 33.6 Å². The molecular formula is C80H122N2O17. The zero-order chi connectivity index (χ0) is 73.3. The van der Waals surface area contributed by atoms with Gasteiger partial charge in [-0.15, -0.1) is 0 Å². The minimum atomic E-state index is -1.06. The van der Waals surface area contributed by atoms with Crippen LogP contribution < -0.4 is 0 Å². The third kappa shape index (κ3) is 15.0. The number of hydrogen-bond donors (Lipinski definition) is 1. The normalized spacial score (nSPS) is 36.9. The van der Waals surface area contributed by atoms with Crippen molar-refractivity contribution < 1.29 is 81.4 Å². The molecule has 0 radical (unpaired) electrons. The molecule has 0 spiro atoms. The molecule has 15 fully saturated rings. The summed E-state index contributed by atoms with van der Waals surface area (Å²) in [6, 6.07) is 4.25. The average molecular weight is 1380 g/mol. The summed E-state index contributed by atoms with van der Waals surface area (Å²) >= 11 is 0. The van der Waals surface area contributed by atoms with Crippen LogP contribution in [0, 0.1) is 119 Å². The number of nitriles is 2. The fraction of sp³-hybridized carbons (Fsp3) is 0.875. The van der Waals surface area contributed by atoms with Gasteiger partial charge in [-0.05, 0) is 273 Å². The van der Waals surface area contributed by atoms with Crippen LogP contribution in [0.4, 0.5) is 0 Å². The maximum absolute atomic E-state index is 12.6. The van der Waals surface area contributed by atoms with Crippen LogP contribution in [-0.2, 0) is 76.3 Å². The summed E-state index contributed by atoms with van der Waals surface area (Å²) in [5, 5.41) is 29.3. The van der Waals surface area contributed by atoms with Crippen molar-refractivity contribution in [3.05, 3.63) is 0 Å². The van der Waals surface area contributed by atoms with Crippen LogP contribution in [0.3, 0.4) is 0 Å². The molecule has 2 heterocycles. The number of rotatable bonds is 19. The molecule has 19 heteroatoms. The second kappa shape index (κ2) is 28.1. The summed E-state index contributed by atoms with van der Waals surface area (Å²) in [6.07, 6.45) is 23.4. The Balaban J connectivity index is 0.000000146. The van der Waals surface area contributed by atoms with E-state index in [-0.39, 0.29) is 86.7 Å². The lowest BCUT2D eigenvalue weighted by Gasteiger charge is -2.61. The van der Waals surface area contributed by atoms with E-state index in [0.29, 0.717) is 50.4 Å². The van der Waals surface area contributed by atoms with E-state index in [9.17, 15) is 54.0 Å². The van der Waals surface area contributed by atoms with E-state index in [1.807, 2.05) is 83.1 Å². The Morgan fingerprint density at radius 2 is 0.889 bits per heavy atom. The Hall–Kier alpha value is -5.30. The minimum absolute atomic E-state index is 0.00857. The predicted octanol–water partition coefficient (Wildman–Crippen LogP) is 14.9. The molecule has 13 aliphatic carbocycles. The van der Waals surface area contributed by atoms with Gasteiger partial charge in [0.2, 0.25) is 0 Å². The lowest BCUT2D eigenvalue weighted by molar-refractivity contribution is -0.225. The molecule has 99 heavy (non-hydrogen) atoms. The molecule has 0 amide bonds. The van der Waals surface area contributed by atoms with Crippen LogP contribution in [0.15, 0.2) is 0 Å². The Morgan fingerprint density at radius 1 is 0.495 bits per heavy atom. The fourth-order valence-electron chi connectivity index (χ4n) is 19.9. The summed E-state index contributed by atoms with van der Waals surface area (Å²) in [5.74, 6) is 1.12. The molecule has 0 aromatic heterocycles. The van der Waals surface area contributed by atoms with Crippen LogP contribution >= 0.6 is 0 Å². The highest BCUT2D eigenvalue weighted by Crippen LogP contribution is 2.66. The molecule has 0 aromatic rings. The lowest BCUT2D eigenvalue weighted by Crippen LogP contribution is -2.61. The Bertz CT molecular complexity index is 3110. The van der Waals surface area contributed by atoms with Crippen molar-refractivity contribution in [2.75, 3.05) is 6.61 Å². The smallest absolute Gasteiger partial charge is 0.344 e. The molecule has 12 unspecified atom stereocenters. The minimum Gasteiger partial charge on any atom is -0.459 e. The van der Waals surface area contributed by atoms with E-state index in [1.54, 1.807) is 13.8 Å². The molecule has 554 valence electrons.